The Bertz CT molecular complexity index is 815. The lowest BCUT2D eigenvalue weighted by Gasteiger charge is -2.06. The van der Waals surface area contributed by atoms with E-state index in [2.05, 4.69) is 19.9 Å². The number of hydrogen-bond donors (Lipinski definition) is 1. The monoisotopic (exact) mass is 285 g/mol. The zero-order valence-electron chi connectivity index (χ0n) is 11.1. The van der Waals surface area contributed by atoms with Crippen molar-refractivity contribution in [1.82, 2.24) is 19.9 Å². The van der Waals surface area contributed by atoms with Crippen molar-refractivity contribution in [2.75, 3.05) is 12.3 Å². The molecule has 0 saturated carbocycles. The molecule has 0 aliphatic heterocycles. The van der Waals surface area contributed by atoms with Crippen LogP contribution < -0.4 is 10.5 Å². The van der Waals surface area contributed by atoms with Gasteiger partial charge in [-0.2, -0.15) is 9.97 Å². The minimum atomic E-state index is 0.0641. The topological polar surface area (TPSA) is 117 Å². The summed E-state index contributed by atoms with van der Waals surface area (Å²) in [7, 11) is 0. The molecule has 3 aromatic rings. The van der Waals surface area contributed by atoms with Crippen molar-refractivity contribution in [3.63, 3.8) is 0 Å². The molecule has 3 aromatic heterocycles. The maximum Gasteiger partial charge on any atom is 0.247 e. The van der Waals surface area contributed by atoms with Crippen LogP contribution in [-0.2, 0) is 0 Å². The molecule has 0 atom stereocenters. The van der Waals surface area contributed by atoms with Crippen LogP contribution in [0.1, 0.15) is 17.5 Å². The highest BCUT2D eigenvalue weighted by Crippen LogP contribution is 2.25. The Morgan fingerprint density at radius 2 is 2.19 bits per heavy atom. The number of fused-ring (bicyclic) bond motifs is 1. The molecule has 0 saturated heterocycles. The van der Waals surface area contributed by atoms with Gasteiger partial charge in [0.15, 0.2) is 29.0 Å². The predicted molar refractivity (Wildman–Crippen MR) is 73.8 cm³/mol. The SMILES string of the molecule is CCOc1nc(N)nc2ncc(-c3ccc(C=O)o3)nc12. The van der Waals surface area contributed by atoms with Crippen LogP contribution in [0.2, 0.25) is 0 Å². The molecule has 0 aromatic carbocycles. The van der Waals surface area contributed by atoms with E-state index in [1.54, 1.807) is 12.1 Å². The molecular weight excluding hydrogens is 274 g/mol. The third kappa shape index (κ3) is 2.38. The van der Waals surface area contributed by atoms with Gasteiger partial charge in [-0.3, -0.25) is 4.79 Å². The largest absolute Gasteiger partial charge is 0.476 e. The van der Waals surface area contributed by atoms with Crippen LogP contribution in [0.15, 0.2) is 22.7 Å². The molecule has 3 rings (SSSR count). The Kier molecular flexibility index (Phi) is 3.19. The quantitative estimate of drug-likeness (QED) is 0.716. The minimum Gasteiger partial charge on any atom is -0.476 e. The maximum atomic E-state index is 10.7. The molecule has 0 unspecified atom stereocenters. The molecule has 3 heterocycles. The van der Waals surface area contributed by atoms with Gasteiger partial charge in [0.1, 0.15) is 5.69 Å². The predicted octanol–water partition coefficient (Wildman–Crippen LogP) is 1.47. The Hall–Kier alpha value is -3.03. The lowest BCUT2D eigenvalue weighted by Crippen LogP contribution is -2.04. The number of hydrogen-bond acceptors (Lipinski definition) is 8. The Labute approximate surface area is 119 Å². The lowest BCUT2D eigenvalue weighted by molar-refractivity contribution is 0.110. The maximum absolute atomic E-state index is 10.7. The normalized spacial score (nSPS) is 10.7. The highest BCUT2D eigenvalue weighted by molar-refractivity contribution is 5.79. The van der Waals surface area contributed by atoms with E-state index in [9.17, 15) is 4.79 Å². The second kappa shape index (κ2) is 5.16. The summed E-state index contributed by atoms with van der Waals surface area (Å²) < 4.78 is 10.7. The van der Waals surface area contributed by atoms with E-state index in [4.69, 9.17) is 14.9 Å². The average Bonchev–Trinajstić information content (AvgIpc) is 2.96. The molecule has 8 heteroatoms. The van der Waals surface area contributed by atoms with Crippen LogP contribution >= 0.6 is 0 Å². The van der Waals surface area contributed by atoms with Crippen LogP contribution in [0, 0.1) is 0 Å². The van der Waals surface area contributed by atoms with Crippen LogP contribution in [0.25, 0.3) is 22.6 Å². The third-order valence-corrected chi connectivity index (χ3v) is 2.67. The highest BCUT2D eigenvalue weighted by atomic mass is 16.5. The van der Waals surface area contributed by atoms with Crippen LogP contribution in [0.4, 0.5) is 5.95 Å². The number of nitrogens with zero attached hydrogens (tertiary/aromatic N) is 4. The van der Waals surface area contributed by atoms with Crippen LogP contribution in [-0.4, -0.2) is 32.8 Å². The van der Waals surface area contributed by atoms with Gasteiger partial charge in [0.25, 0.3) is 0 Å². The number of carbonyl (C=O) groups is 1. The zero-order chi connectivity index (χ0) is 14.8. The minimum absolute atomic E-state index is 0.0641. The fraction of sp³-hybridized carbons (Fsp3) is 0.154. The van der Waals surface area contributed by atoms with E-state index < -0.39 is 0 Å². The molecule has 0 aliphatic carbocycles. The van der Waals surface area contributed by atoms with E-state index >= 15 is 0 Å². The number of rotatable bonds is 4. The second-order valence-corrected chi connectivity index (χ2v) is 4.07. The third-order valence-electron chi connectivity index (χ3n) is 2.67. The fourth-order valence-electron chi connectivity index (χ4n) is 1.81. The van der Waals surface area contributed by atoms with Gasteiger partial charge in [-0.15, -0.1) is 0 Å². The first-order valence-corrected chi connectivity index (χ1v) is 6.19. The molecule has 0 bridgehead atoms. The summed E-state index contributed by atoms with van der Waals surface area (Å²) in [5.74, 6) is 0.960. The lowest BCUT2D eigenvalue weighted by atomic mass is 10.3. The van der Waals surface area contributed by atoms with Crippen LogP contribution in [0.3, 0.4) is 0 Å². The molecule has 106 valence electrons. The van der Waals surface area contributed by atoms with Gasteiger partial charge in [-0.25, -0.2) is 9.97 Å². The van der Waals surface area contributed by atoms with Crippen molar-refractivity contribution >= 4 is 23.4 Å². The van der Waals surface area contributed by atoms with Crippen molar-refractivity contribution in [3.8, 4) is 17.3 Å². The molecular formula is C13H11N5O3. The molecule has 21 heavy (non-hydrogen) atoms. The molecule has 0 spiro atoms. The van der Waals surface area contributed by atoms with E-state index in [1.165, 1.54) is 6.20 Å². The number of ether oxygens (including phenoxy) is 1. The van der Waals surface area contributed by atoms with Crippen molar-refractivity contribution in [3.05, 3.63) is 24.1 Å². The summed E-state index contributed by atoms with van der Waals surface area (Å²) in [6, 6.07) is 3.19. The highest BCUT2D eigenvalue weighted by Gasteiger charge is 2.13. The summed E-state index contributed by atoms with van der Waals surface area (Å²) in [6.45, 7) is 2.23. The standard InChI is InChI=1S/C13H11N5O3/c1-2-20-12-10-11(17-13(14)18-12)15-5-8(16-10)9-4-3-7(6-19)21-9/h3-6H,2H2,1H3,(H2,14,15,17,18). The molecule has 0 fully saturated rings. The van der Waals surface area contributed by atoms with Crippen LogP contribution in [0.5, 0.6) is 5.88 Å². The molecule has 2 N–H and O–H groups in total. The number of aldehydes is 1. The summed E-state index contributed by atoms with van der Waals surface area (Å²) in [5.41, 5.74) is 6.76. The number of nitrogens with two attached hydrogens (primary N) is 1. The van der Waals surface area contributed by atoms with E-state index in [0.717, 1.165) is 0 Å². The van der Waals surface area contributed by atoms with Crippen molar-refractivity contribution in [2.45, 2.75) is 6.92 Å². The molecule has 0 radical (unpaired) electrons. The van der Waals surface area contributed by atoms with Gasteiger partial charge < -0.3 is 14.9 Å². The smallest absolute Gasteiger partial charge is 0.247 e. The zero-order valence-corrected chi connectivity index (χ0v) is 11.1. The fourth-order valence-corrected chi connectivity index (χ4v) is 1.81. The number of furan rings is 1. The van der Waals surface area contributed by atoms with Crippen molar-refractivity contribution in [1.29, 1.82) is 0 Å². The number of nitrogen functional groups attached to an aromatic ring is 1. The molecule has 0 amide bonds. The van der Waals surface area contributed by atoms with Crippen molar-refractivity contribution < 1.29 is 13.9 Å². The Balaban J connectivity index is 2.15. The van der Waals surface area contributed by atoms with Gasteiger partial charge in [-0.1, -0.05) is 0 Å². The number of aromatic nitrogens is 4. The first-order chi connectivity index (χ1) is 10.2. The van der Waals surface area contributed by atoms with E-state index in [0.29, 0.717) is 35.5 Å². The summed E-state index contributed by atoms with van der Waals surface area (Å²) in [4.78, 5) is 27.2. The van der Waals surface area contributed by atoms with E-state index in [1.807, 2.05) is 6.92 Å². The Morgan fingerprint density at radius 1 is 1.33 bits per heavy atom. The molecule has 8 nitrogen and oxygen atoms in total. The van der Waals surface area contributed by atoms with Gasteiger partial charge in [0.2, 0.25) is 11.8 Å². The van der Waals surface area contributed by atoms with Gasteiger partial charge >= 0.3 is 0 Å². The Morgan fingerprint density at radius 3 is 2.90 bits per heavy atom. The average molecular weight is 285 g/mol. The van der Waals surface area contributed by atoms with Gasteiger partial charge in [0, 0.05) is 0 Å². The first-order valence-electron chi connectivity index (χ1n) is 6.19. The summed E-state index contributed by atoms with van der Waals surface area (Å²) in [5, 5.41) is 0. The number of carbonyl (C=O) groups excluding carboxylic acids is 1. The second-order valence-electron chi connectivity index (χ2n) is 4.07. The first kappa shape index (κ1) is 13.0. The van der Waals surface area contributed by atoms with Gasteiger partial charge in [0.05, 0.1) is 12.8 Å². The van der Waals surface area contributed by atoms with Crippen molar-refractivity contribution in [2.24, 2.45) is 0 Å². The summed E-state index contributed by atoms with van der Waals surface area (Å²) >= 11 is 0. The number of anilines is 1. The molecule has 0 aliphatic rings. The van der Waals surface area contributed by atoms with E-state index in [-0.39, 0.29) is 17.6 Å². The summed E-state index contributed by atoms with van der Waals surface area (Å²) in [6.07, 6.45) is 2.10. The van der Waals surface area contributed by atoms with Gasteiger partial charge in [-0.05, 0) is 19.1 Å².